The van der Waals surface area contributed by atoms with E-state index in [1.165, 1.54) is 4.88 Å². The van der Waals surface area contributed by atoms with Crippen LogP contribution in [0.2, 0.25) is 0 Å². The fourth-order valence-corrected chi connectivity index (χ4v) is 2.66. The number of hydrogen-bond donors (Lipinski definition) is 0. The second kappa shape index (κ2) is 6.38. The highest BCUT2D eigenvalue weighted by Gasteiger charge is 2.05. The maximum Gasteiger partial charge on any atom is 0.217 e. The van der Waals surface area contributed by atoms with Crippen LogP contribution in [0.3, 0.4) is 0 Å². The van der Waals surface area contributed by atoms with Crippen LogP contribution in [0.15, 0.2) is 34.2 Å². The van der Waals surface area contributed by atoms with Gasteiger partial charge in [-0.2, -0.15) is 0 Å². The van der Waals surface area contributed by atoms with Gasteiger partial charge >= 0.3 is 0 Å². The van der Waals surface area contributed by atoms with E-state index in [0.29, 0.717) is 18.4 Å². The van der Waals surface area contributed by atoms with Crippen molar-refractivity contribution in [2.24, 2.45) is 0 Å². The normalized spacial score (nSPS) is 10.5. The molecule has 0 aromatic carbocycles. The van der Waals surface area contributed by atoms with Crippen LogP contribution in [0, 0.1) is 0 Å². The van der Waals surface area contributed by atoms with Gasteiger partial charge in [0.25, 0.3) is 0 Å². The van der Waals surface area contributed by atoms with Crippen molar-refractivity contribution in [1.82, 2.24) is 4.98 Å². The fraction of sp³-hybridized carbons (Fsp3) is 0.250. The molecule has 17 heavy (non-hydrogen) atoms. The van der Waals surface area contributed by atoms with E-state index in [4.69, 9.17) is 16.3 Å². The average Bonchev–Trinajstić information content (AvgIpc) is 2.84. The van der Waals surface area contributed by atoms with Gasteiger partial charge in [-0.05, 0) is 33.4 Å². The molecule has 0 amide bonds. The quantitative estimate of drug-likeness (QED) is 0.763. The molecule has 0 fully saturated rings. The summed E-state index contributed by atoms with van der Waals surface area (Å²) in [4.78, 5) is 5.53. The second-order valence-corrected chi connectivity index (χ2v) is 5.64. The lowest BCUT2D eigenvalue weighted by Gasteiger charge is -2.08. The van der Waals surface area contributed by atoms with Crippen LogP contribution in [-0.4, -0.2) is 11.6 Å². The number of alkyl halides is 1. The smallest absolute Gasteiger partial charge is 0.217 e. The molecule has 0 radical (unpaired) electrons. The summed E-state index contributed by atoms with van der Waals surface area (Å²) < 4.78 is 6.56. The number of halogens is 2. The van der Waals surface area contributed by atoms with Crippen LogP contribution in [0.25, 0.3) is 0 Å². The Morgan fingerprint density at radius 3 is 3.06 bits per heavy atom. The molecule has 2 heterocycles. The lowest BCUT2D eigenvalue weighted by Crippen LogP contribution is -2.03. The Bertz CT molecular complexity index is 475. The third kappa shape index (κ3) is 3.69. The molecule has 2 rings (SSSR count). The topological polar surface area (TPSA) is 22.1 Å². The molecule has 0 atom stereocenters. The SMILES string of the molecule is ClCc1cc(Br)cnc1OCCc1cccs1. The van der Waals surface area contributed by atoms with Crippen LogP contribution in [0.4, 0.5) is 0 Å². The van der Waals surface area contributed by atoms with Gasteiger partial charge in [-0.25, -0.2) is 4.98 Å². The molecular weight excluding hydrogens is 322 g/mol. The zero-order valence-corrected chi connectivity index (χ0v) is 12.2. The Morgan fingerprint density at radius 2 is 2.35 bits per heavy atom. The summed E-state index contributed by atoms with van der Waals surface area (Å²) in [7, 11) is 0. The first-order valence-corrected chi connectivity index (χ1v) is 7.36. The predicted octanol–water partition coefficient (Wildman–Crippen LogP) is 4.27. The molecular formula is C12H11BrClNOS. The first kappa shape index (κ1) is 12.9. The molecule has 2 aromatic heterocycles. The number of pyridine rings is 1. The van der Waals surface area contributed by atoms with Gasteiger partial charge in [-0.15, -0.1) is 22.9 Å². The highest BCUT2D eigenvalue weighted by atomic mass is 79.9. The Labute approximate surface area is 118 Å². The summed E-state index contributed by atoms with van der Waals surface area (Å²) in [6.45, 7) is 0.624. The molecule has 90 valence electrons. The van der Waals surface area contributed by atoms with Gasteiger partial charge in [0, 0.05) is 27.5 Å². The maximum absolute atomic E-state index is 5.84. The predicted molar refractivity (Wildman–Crippen MR) is 75.0 cm³/mol. The molecule has 5 heteroatoms. The average molecular weight is 333 g/mol. The third-order valence-corrected chi connectivity index (χ3v) is 3.86. The van der Waals surface area contributed by atoms with Gasteiger partial charge in [0.2, 0.25) is 5.88 Å². The molecule has 0 bridgehead atoms. The summed E-state index contributed by atoms with van der Waals surface area (Å²) in [5.74, 6) is 1.03. The fourth-order valence-electron chi connectivity index (χ4n) is 1.40. The van der Waals surface area contributed by atoms with E-state index in [-0.39, 0.29) is 0 Å². The lowest BCUT2D eigenvalue weighted by molar-refractivity contribution is 0.308. The number of hydrogen-bond acceptors (Lipinski definition) is 3. The van der Waals surface area contributed by atoms with Gasteiger partial charge in [-0.1, -0.05) is 6.07 Å². The highest BCUT2D eigenvalue weighted by Crippen LogP contribution is 2.22. The van der Waals surface area contributed by atoms with E-state index < -0.39 is 0 Å². The van der Waals surface area contributed by atoms with Crippen molar-refractivity contribution in [3.8, 4) is 5.88 Å². The van der Waals surface area contributed by atoms with Crippen molar-refractivity contribution in [2.45, 2.75) is 12.3 Å². The van der Waals surface area contributed by atoms with E-state index in [2.05, 4.69) is 32.4 Å². The monoisotopic (exact) mass is 331 g/mol. The molecule has 0 N–H and O–H groups in total. The van der Waals surface area contributed by atoms with Crippen molar-refractivity contribution in [2.75, 3.05) is 6.61 Å². The lowest BCUT2D eigenvalue weighted by atomic mass is 10.3. The van der Waals surface area contributed by atoms with Crippen LogP contribution < -0.4 is 4.74 Å². The molecule has 0 spiro atoms. The number of aromatic nitrogens is 1. The zero-order valence-electron chi connectivity index (χ0n) is 9.03. The van der Waals surface area contributed by atoms with Gasteiger partial charge < -0.3 is 4.74 Å². The molecule has 0 aliphatic heterocycles. The Hall–Kier alpha value is -0.580. The minimum atomic E-state index is 0.404. The van der Waals surface area contributed by atoms with Crippen LogP contribution in [0.1, 0.15) is 10.4 Å². The van der Waals surface area contributed by atoms with Gasteiger partial charge in [-0.3, -0.25) is 0 Å². The Kier molecular flexibility index (Phi) is 4.83. The summed E-state index contributed by atoms with van der Waals surface area (Å²) in [6, 6.07) is 6.08. The molecule has 2 aromatic rings. The first-order valence-electron chi connectivity index (χ1n) is 5.15. The number of ether oxygens (including phenoxy) is 1. The molecule has 2 nitrogen and oxygen atoms in total. The van der Waals surface area contributed by atoms with Gasteiger partial charge in [0.1, 0.15) is 0 Å². The maximum atomic E-state index is 5.84. The minimum Gasteiger partial charge on any atom is -0.477 e. The summed E-state index contributed by atoms with van der Waals surface area (Å²) in [5, 5.41) is 2.07. The van der Waals surface area contributed by atoms with Gasteiger partial charge in [0.05, 0.1) is 12.5 Å². The van der Waals surface area contributed by atoms with E-state index >= 15 is 0 Å². The Balaban J connectivity index is 1.94. The van der Waals surface area contributed by atoms with Crippen LogP contribution >= 0.6 is 38.9 Å². The number of nitrogens with zero attached hydrogens (tertiary/aromatic N) is 1. The van der Waals surface area contributed by atoms with Crippen molar-refractivity contribution >= 4 is 38.9 Å². The molecule has 0 saturated heterocycles. The third-order valence-electron chi connectivity index (χ3n) is 2.20. The first-order chi connectivity index (χ1) is 8.29. The van der Waals surface area contributed by atoms with Crippen molar-refractivity contribution in [3.63, 3.8) is 0 Å². The van der Waals surface area contributed by atoms with Gasteiger partial charge in [0.15, 0.2) is 0 Å². The molecule has 0 aliphatic rings. The van der Waals surface area contributed by atoms with Crippen molar-refractivity contribution in [1.29, 1.82) is 0 Å². The van der Waals surface area contributed by atoms with E-state index in [1.54, 1.807) is 17.5 Å². The summed E-state index contributed by atoms with van der Waals surface area (Å²) in [6.07, 6.45) is 2.62. The largest absolute Gasteiger partial charge is 0.477 e. The number of rotatable bonds is 5. The van der Waals surface area contributed by atoms with E-state index in [0.717, 1.165) is 16.5 Å². The van der Waals surface area contributed by atoms with Crippen LogP contribution in [-0.2, 0) is 12.3 Å². The molecule has 0 saturated carbocycles. The summed E-state index contributed by atoms with van der Waals surface area (Å²) >= 11 is 10.9. The molecule has 0 aliphatic carbocycles. The number of thiophene rings is 1. The van der Waals surface area contributed by atoms with Crippen molar-refractivity contribution < 1.29 is 4.74 Å². The molecule has 0 unspecified atom stereocenters. The van der Waals surface area contributed by atoms with Crippen molar-refractivity contribution in [3.05, 3.63) is 44.7 Å². The second-order valence-electron chi connectivity index (χ2n) is 3.43. The Morgan fingerprint density at radius 1 is 1.47 bits per heavy atom. The van der Waals surface area contributed by atoms with Crippen LogP contribution in [0.5, 0.6) is 5.88 Å². The van der Waals surface area contributed by atoms with E-state index in [9.17, 15) is 0 Å². The minimum absolute atomic E-state index is 0.404. The standard InChI is InChI=1S/C12H11BrClNOS/c13-10-6-9(7-14)12(15-8-10)16-4-3-11-2-1-5-17-11/h1-2,5-6,8H,3-4,7H2. The summed E-state index contributed by atoms with van der Waals surface area (Å²) in [5.41, 5.74) is 0.909. The van der Waals surface area contributed by atoms with E-state index in [1.807, 2.05) is 12.1 Å². The highest BCUT2D eigenvalue weighted by molar-refractivity contribution is 9.10. The zero-order chi connectivity index (χ0) is 12.1.